The van der Waals surface area contributed by atoms with Crippen LogP contribution in [0, 0.1) is 0 Å². The number of benzene rings is 1. The molecule has 3 rings (SSSR count). The zero-order valence-electron chi connectivity index (χ0n) is 9.70. The molecule has 1 aromatic carbocycles. The third-order valence-corrected chi connectivity index (χ3v) is 4.66. The van der Waals surface area contributed by atoms with E-state index in [0.717, 1.165) is 17.7 Å². The molecule has 92 valence electrons. The number of rotatable bonds is 2. The van der Waals surface area contributed by atoms with Crippen molar-refractivity contribution in [2.75, 3.05) is 5.32 Å². The van der Waals surface area contributed by atoms with Crippen molar-refractivity contribution in [3.8, 4) is 0 Å². The zero-order chi connectivity index (χ0) is 12.5. The standard InChI is InChI=1S/C14H12ClNOS/c15-10-5-1-2-6-11(10)16-14(17)13-8-9-4-3-7-12(9)18-13/h1-2,5-6,8H,3-4,7H2,(H,16,17). The second-order valence-electron chi connectivity index (χ2n) is 4.35. The lowest BCUT2D eigenvalue weighted by atomic mass is 10.2. The lowest BCUT2D eigenvalue weighted by Crippen LogP contribution is -2.10. The SMILES string of the molecule is O=C(Nc1ccccc1Cl)c1cc2c(s1)CCC2. The van der Waals surface area contributed by atoms with Gasteiger partial charge in [-0.2, -0.15) is 0 Å². The number of hydrogen-bond donors (Lipinski definition) is 1. The third-order valence-electron chi connectivity index (χ3n) is 3.09. The maximum Gasteiger partial charge on any atom is 0.265 e. The van der Waals surface area contributed by atoms with Crippen molar-refractivity contribution >= 4 is 34.5 Å². The highest BCUT2D eigenvalue weighted by Gasteiger charge is 2.18. The van der Waals surface area contributed by atoms with Gasteiger partial charge in [0.15, 0.2) is 0 Å². The highest BCUT2D eigenvalue weighted by molar-refractivity contribution is 7.14. The maximum atomic E-state index is 12.1. The van der Waals surface area contributed by atoms with Crippen molar-refractivity contribution in [3.05, 3.63) is 50.7 Å². The van der Waals surface area contributed by atoms with Gasteiger partial charge in [-0.3, -0.25) is 4.79 Å². The summed E-state index contributed by atoms with van der Waals surface area (Å²) in [6.45, 7) is 0. The first-order valence-electron chi connectivity index (χ1n) is 5.91. The van der Waals surface area contributed by atoms with E-state index in [1.165, 1.54) is 16.9 Å². The fourth-order valence-electron chi connectivity index (χ4n) is 2.19. The summed E-state index contributed by atoms with van der Waals surface area (Å²) in [6, 6.07) is 9.29. The van der Waals surface area contributed by atoms with Gasteiger partial charge in [0, 0.05) is 4.88 Å². The molecule has 1 aliphatic rings. The van der Waals surface area contributed by atoms with Crippen molar-refractivity contribution in [1.82, 2.24) is 0 Å². The molecule has 0 saturated carbocycles. The van der Waals surface area contributed by atoms with Gasteiger partial charge in [0.1, 0.15) is 0 Å². The number of nitrogens with one attached hydrogen (secondary N) is 1. The number of carbonyl (C=O) groups excluding carboxylic acids is 1. The quantitative estimate of drug-likeness (QED) is 0.878. The number of fused-ring (bicyclic) bond motifs is 1. The minimum absolute atomic E-state index is 0.0671. The van der Waals surface area contributed by atoms with Gasteiger partial charge in [0.25, 0.3) is 5.91 Å². The van der Waals surface area contributed by atoms with Gasteiger partial charge in [-0.1, -0.05) is 23.7 Å². The summed E-state index contributed by atoms with van der Waals surface area (Å²) in [6.07, 6.45) is 3.43. The Kier molecular flexibility index (Phi) is 3.10. The van der Waals surface area contributed by atoms with Crippen LogP contribution in [0.5, 0.6) is 0 Å². The predicted molar refractivity (Wildman–Crippen MR) is 75.7 cm³/mol. The van der Waals surface area contributed by atoms with Crippen LogP contribution < -0.4 is 5.32 Å². The van der Waals surface area contributed by atoms with Gasteiger partial charge in [0.05, 0.1) is 15.6 Å². The van der Waals surface area contributed by atoms with Crippen LogP contribution in [0.3, 0.4) is 0 Å². The van der Waals surface area contributed by atoms with Crippen LogP contribution in [0.1, 0.15) is 26.5 Å². The number of halogens is 1. The van der Waals surface area contributed by atoms with Crippen LogP contribution in [0.25, 0.3) is 0 Å². The first kappa shape index (κ1) is 11.8. The topological polar surface area (TPSA) is 29.1 Å². The summed E-state index contributed by atoms with van der Waals surface area (Å²) in [7, 11) is 0. The van der Waals surface area contributed by atoms with Crippen molar-refractivity contribution in [3.63, 3.8) is 0 Å². The monoisotopic (exact) mass is 277 g/mol. The molecule has 0 aliphatic heterocycles. The van der Waals surface area contributed by atoms with E-state index in [9.17, 15) is 4.79 Å². The van der Waals surface area contributed by atoms with Gasteiger partial charge in [-0.05, 0) is 43.0 Å². The minimum Gasteiger partial charge on any atom is -0.320 e. The second kappa shape index (κ2) is 4.75. The van der Waals surface area contributed by atoms with E-state index in [1.54, 1.807) is 17.4 Å². The summed E-state index contributed by atoms with van der Waals surface area (Å²) in [5.74, 6) is -0.0671. The molecule has 0 unspecified atom stereocenters. The predicted octanol–water partition coefficient (Wildman–Crippen LogP) is 4.14. The van der Waals surface area contributed by atoms with E-state index in [0.29, 0.717) is 10.7 Å². The van der Waals surface area contributed by atoms with Crippen molar-refractivity contribution in [2.45, 2.75) is 19.3 Å². The number of aryl methyl sites for hydroxylation is 2. The number of anilines is 1. The van der Waals surface area contributed by atoms with Crippen LogP contribution in [0.15, 0.2) is 30.3 Å². The molecule has 1 aromatic heterocycles. The third kappa shape index (κ3) is 2.16. The second-order valence-corrected chi connectivity index (χ2v) is 5.89. The molecule has 0 atom stereocenters. The first-order chi connectivity index (χ1) is 8.74. The van der Waals surface area contributed by atoms with Gasteiger partial charge < -0.3 is 5.32 Å². The molecule has 1 N–H and O–H groups in total. The molecule has 0 spiro atoms. The van der Waals surface area contributed by atoms with Gasteiger partial charge in [-0.25, -0.2) is 0 Å². The Hall–Kier alpha value is -1.32. The number of para-hydroxylation sites is 1. The number of carbonyl (C=O) groups is 1. The molecule has 1 aliphatic carbocycles. The Bertz CT molecular complexity index is 584. The molecule has 18 heavy (non-hydrogen) atoms. The lowest BCUT2D eigenvalue weighted by molar-refractivity contribution is 0.103. The molecular formula is C14H12ClNOS. The molecule has 4 heteroatoms. The average molecular weight is 278 g/mol. The summed E-state index contributed by atoms with van der Waals surface area (Å²) < 4.78 is 0. The van der Waals surface area contributed by atoms with E-state index < -0.39 is 0 Å². The maximum absolute atomic E-state index is 12.1. The highest BCUT2D eigenvalue weighted by Crippen LogP contribution is 2.31. The van der Waals surface area contributed by atoms with E-state index in [4.69, 9.17) is 11.6 Å². The Balaban J connectivity index is 1.81. The van der Waals surface area contributed by atoms with Crippen molar-refractivity contribution < 1.29 is 4.79 Å². The Morgan fingerprint density at radius 1 is 1.28 bits per heavy atom. The van der Waals surface area contributed by atoms with Crippen LogP contribution in [-0.4, -0.2) is 5.91 Å². The first-order valence-corrected chi connectivity index (χ1v) is 7.11. The van der Waals surface area contributed by atoms with Crippen LogP contribution in [0.2, 0.25) is 5.02 Å². The molecule has 0 bridgehead atoms. The molecular weight excluding hydrogens is 266 g/mol. The highest BCUT2D eigenvalue weighted by atomic mass is 35.5. The number of amides is 1. The molecule has 0 saturated heterocycles. The minimum atomic E-state index is -0.0671. The van der Waals surface area contributed by atoms with Gasteiger partial charge >= 0.3 is 0 Å². The van der Waals surface area contributed by atoms with Crippen molar-refractivity contribution in [1.29, 1.82) is 0 Å². The average Bonchev–Trinajstić information content (AvgIpc) is 2.92. The van der Waals surface area contributed by atoms with Gasteiger partial charge in [-0.15, -0.1) is 11.3 Å². The number of hydrogen-bond acceptors (Lipinski definition) is 2. The zero-order valence-corrected chi connectivity index (χ0v) is 11.3. The normalized spacial score (nSPS) is 13.4. The van der Waals surface area contributed by atoms with Crippen LogP contribution in [0.4, 0.5) is 5.69 Å². The molecule has 1 heterocycles. The Labute approximate surface area is 115 Å². The molecule has 0 radical (unpaired) electrons. The molecule has 1 amide bonds. The summed E-state index contributed by atoms with van der Waals surface area (Å²) in [5, 5.41) is 3.42. The molecule has 0 fully saturated rings. The van der Waals surface area contributed by atoms with Crippen LogP contribution in [-0.2, 0) is 12.8 Å². The lowest BCUT2D eigenvalue weighted by Gasteiger charge is -2.05. The van der Waals surface area contributed by atoms with Gasteiger partial charge in [0.2, 0.25) is 0 Å². The number of thiophene rings is 1. The van der Waals surface area contributed by atoms with E-state index in [2.05, 4.69) is 5.32 Å². The van der Waals surface area contributed by atoms with Crippen LogP contribution >= 0.6 is 22.9 Å². The smallest absolute Gasteiger partial charge is 0.265 e. The van der Waals surface area contributed by atoms with Crippen molar-refractivity contribution in [2.24, 2.45) is 0 Å². The fourth-order valence-corrected chi connectivity index (χ4v) is 3.52. The molecule has 2 aromatic rings. The van der Waals surface area contributed by atoms with E-state index >= 15 is 0 Å². The summed E-state index contributed by atoms with van der Waals surface area (Å²) in [5.41, 5.74) is 2.00. The van der Waals surface area contributed by atoms with E-state index in [-0.39, 0.29) is 5.91 Å². The largest absolute Gasteiger partial charge is 0.320 e. The Morgan fingerprint density at radius 3 is 2.89 bits per heavy atom. The molecule has 2 nitrogen and oxygen atoms in total. The summed E-state index contributed by atoms with van der Waals surface area (Å²) >= 11 is 7.62. The van der Waals surface area contributed by atoms with E-state index in [1.807, 2.05) is 24.3 Å². The fraction of sp³-hybridized carbons (Fsp3) is 0.214. The summed E-state index contributed by atoms with van der Waals surface area (Å²) in [4.78, 5) is 14.3. The Morgan fingerprint density at radius 2 is 2.11 bits per heavy atom.